The molecule has 1 unspecified atom stereocenters. The van der Waals surface area contributed by atoms with E-state index in [0.717, 1.165) is 10.0 Å². The van der Waals surface area contributed by atoms with E-state index in [1.54, 1.807) is 55.3 Å². The van der Waals surface area contributed by atoms with Crippen LogP contribution >= 0.6 is 27.7 Å². The molecule has 1 aliphatic heterocycles. The van der Waals surface area contributed by atoms with E-state index in [-0.39, 0.29) is 31.4 Å². The van der Waals surface area contributed by atoms with E-state index < -0.39 is 11.2 Å². The van der Waals surface area contributed by atoms with Crippen LogP contribution in [0.5, 0.6) is 5.75 Å². The minimum absolute atomic E-state index is 0.0292. The fourth-order valence-corrected chi connectivity index (χ4v) is 5.19. The largest absolute Gasteiger partial charge is 0.497 e. The molecule has 10 heteroatoms. The molecule has 1 aliphatic rings. The number of halogens is 1. The SMILES string of the molecule is CCOC(=O)c1ccc(N=C2SC(C(=O)Nc3cccc(Br)c3)CC(=O)N2Cc2ccc(OC)cc2)cc1. The Bertz CT molecular complexity index is 1350. The van der Waals surface area contributed by atoms with Crippen molar-refractivity contribution in [1.29, 1.82) is 0 Å². The zero-order chi connectivity index (χ0) is 27.1. The molecule has 4 rings (SSSR count). The monoisotopic (exact) mass is 595 g/mol. The summed E-state index contributed by atoms with van der Waals surface area (Å²) < 4.78 is 11.1. The molecule has 1 atom stereocenters. The number of amidine groups is 1. The Morgan fingerprint density at radius 1 is 1.11 bits per heavy atom. The van der Waals surface area contributed by atoms with Gasteiger partial charge in [-0.15, -0.1) is 0 Å². The number of nitrogens with one attached hydrogen (secondary N) is 1. The van der Waals surface area contributed by atoms with Crippen LogP contribution in [0.4, 0.5) is 11.4 Å². The first-order chi connectivity index (χ1) is 18.4. The molecule has 0 bridgehead atoms. The van der Waals surface area contributed by atoms with Gasteiger partial charge >= 0.3 is 5.97 Å². The fraction of sp³-hybridized carbons (Fsp3) is 0.214. The first kappa shape index (κ1) is 27.4. The number of carbonyl (C=O) groups is 3. The first-order valence-corrected chi connectivity index (χ1v) is 13.6. The van der Waals surface area contributed by atoms with Gasteiger partial charge in [0.15, 0.2) is 5.17 Å². The second-order valence-electron chi connectivity index (χ2n) is 8.30. The van der Waals surface area contributed by atoms with Gasteiger partial charge in [0.05, 0.1) is 31.5 Å². The van der Waals surface area contributed by atoms with E-state index in [4.69, 9.17) is 14.5 Å². The summed E-state index contributed by atoms with van der Waals surface area (Å²) in [5, 5.41) is 2.62. The Kier molecular flexibility index (Phi) is 9.19. The van der Waals surface area contributed by atoms with Crippen LogP contribution in [0.1, 0.15) is 29.3 Å². The van der Waals surface area contributed by atoms with Crippen molar-refractivity contribution in [1.82, 2.24) is 4.90 Å². The molecule has 0 aliphatic carbocycles. The average molecular weight is 597 g/mol. The number of anilines is 1. The van der Waals surface area contributed by atoms with Crippen LogP contribution in [0.2, 0.25) is 0 Å². The number of rotatable bonds is 8. The lowest BCUT2D eigenvalue weighted by atomic mass is 10.2. The minimum Gasteiger partial charge on any atom is -0.497 e. The number of nitrogens with zero attached hydrogens (tertiary/aromatic N) is 2. The van der Waals surface area contributed by atoms with Crippen LogP contribution in [-0.2, 0) is 20.9 Å². The van der Waals surface area contributed by atoms with Gasteiger partial charge in [-0.1, -0.05) is 45.9 Å². The fourth-order valence-electron chi connectivity index (χ4n) is 3.70. The third-order valence-corrected chi connectivity index (χ3v) is 7.31. The van der Waals surface area contributed by atoms with Crippen molar-refractivity contribution in [2.45, 2.75) is 25.1 Å². The molecule has 2 amide bonds. The highest BCUT2D eigenvalue weighted by Gasteiger charge is 2.36. The maximum Gasteiger partial charge on any atom is 0.338 e. The van der Waals surface area contributed by atoms with Gasteiger partial charge in [0.25, 0.3) is 0 Å². The van der Waals surface area contributed by atoms with Crippen LogP contribution < -0.4 is 10.1 Å². The molecule has 0 spiro atoms. The Balaban J connectivity index is 1.60. The Labute approximate surface area is 233 Å². The number of carbonyl (C=O) groups excluding carboxylic acids is 3. The van der Waals surface area contributed by atoms with Crippen LogP contribution in [0.15, 0.2) is 82.3 Å². The zero-order valence-electron chi connectivity index (χ0n) is 20.8. The lowest BCUT2D eigenvalue weighted by molar-refractivity contribution is -0.129. The molecule has 1 fully saturated rings. The van der Waals surface area contributed by atoms with Gasteiger partial charge in [0.1, 0.15) is 11.0 Å². The standard InChI is InChI=1S/C28H26BrN3O5S/c1-3-37-27(35)19-9-11-21(12-10-19)31-28-32(17-18-7-13-23(36-2)14-8-18)25(33)16-24(38-28)26(34)30-22-6-4-5-20(29)15-22/h4-15,24H,3,16-17H2,1-2H3,(H,30,34). The summed E-state index contributed by atoms with van der Waals surface area (Å²) in [4.78, 5) is 44.7. The van der Waals surface area contributed by atoms with E-state index in [2.05, 4.69) is 21.2 Å². The molecule has 1 heterocycles. The van der Waals surface area contributed by atoms with Gasteiger partial charge in [-0.3, -0.25) is 14.5 Å². The van der Waals surface area contributed by atoms with E-state index >= 15 is 0 Å². The van der Waals surface area contributed by atoms with Gasteiger partial charge < -0.3 is 14.8 Å². The number of benzene rings is 3. The summed E-state index contributed by atoms with van der Waals surface area (Å²) in [6, 6.07) is 21.3. The zero-order valence-corrected chi connectivity index (χ0v) is 23.3. The number of thioether (sulfide) groups is 1. The van der Waals surface area contributed by atoms with Crippen molar-refractivity contribution >= 4 is 62.0 Å². The molecule has 0 radical (unpaired) electrons. The molecule has 3 aromatic rings. The van der Waals surface area contributed by atoms with Gasteiger partial charge in [-0.25, -0.2) is 9.79 Å². The van der Waals surface area contributed by atoms with Crippen molar-refractivity contribution < 1.29 is 23.9 Å². The second-order valence-corrected chi connectivity index (χ2v) is 10.4. The molecule has 0 saturated carbocycles. The van der Waals surface area contributed by atoms with E-state index in [9.17, 15) is 14.4 Å². The molecule has 1 saturated heterocycles. The predicted molar refractivity (Wildman–Crippen MR) is 152 cm³/mol. The number of hydrogen-bond acceptors (Lipinski definition) is 7. The number of ether oxygens (including phenoxy) is 2. The number of hydrogen-bond donors (Lipinski definition) is 1. The molecular weight excluding hydrogens is 570 g/mol. The summed E-state index contributed by atoms with van der Waals surface area (Å²) in [6.07, 6.45) is 0.0292. The van der Waals surface area contributed by atoms with Crippen molar-refractivity contribution in [3.63, 3.8) is 0 Å². The Hall–Kier alpha value is -3.63. The summed E-state index contributed by atoms with van der Waals surface area (Å²) in [7, 11) is 1.59. The predicted octanol–water partition coefficient (Wildman–Crippen LogP) is 5.79. The highest BCUT2D eigenvalue weighted by Crippen LogP contribution is 2.31. The lowest BCUT2D eigenvalue weighted by Crippen LogP contribution is -2.44. The smallest absolute Gasteiger partial charge is 0.338 e. The quantitative estimate of drug-likeness (QED) is 0.331. The molecule has 1 N–H and O–H groups in total. The highest BCUT2D eigenvalue weighted by atomic mass is 79.9. The molecular formula is C28H26BrN3O5S. The molecule has 196 valence electrons. The number of esters is 1. The van der Waals surface area contributed by atoms with Crippen LogP contribution in [0.3, 0.4) is 0 Å². The van der Waals surface area contributed by atoms with Crippen molar-refractivity contribution in [2.24, 2.45) is 4.99 Å². The third kappa shape index (κ3) is 7.02. The summed E-state index contributed by atoms with van der Waals surface area (Å²) in [5.74, 6) is -0.195. The van der Waals surface area contributed by atoms with E-state index in [1.807, 2.05) is 36.4 Å². The molecule has 8 nitrogen and oxygen atoms in total. The molecule has 0 aromatic heterocycles. The third-order valence-electron chi connectivity index (χ3n) is 5.63. The normalized spacial score (nSPS) is 16.3. The average Bonchev–Trinajstić information content (AvgIpc) is 2.91. The van der Waals surface area contributed by atoms with Crippen LogP contribution in [-0.4, -0.2) is 46.8 Å². The maximum atomic E-state index is 13.3. The second kappa shape index (κ2) is 12.7. The van der Waals surface area contributed by atoms with Gasteiger partial charge in [-0.2, -0.15) is 0 Å². The highest BCUT2D eigenvalue weighted by molar-refractivity contribution is 9.10. The summed E-state index contributed by atoms with van der Waals surface area (Å²) in [5.41, 5.74) is 2.47. The molecule has 38 heavy (non-hydrogen) atoms. The van der Waals surface area contributed by atoms with Gasteiger partial charge in [0.2, 0.25) is 11.8 Å². The Morgan fingerprint density at radius 3 is 2.50 bits per heavy atom. The van der Waals surface area contributed by atoms with Gasteiger partial charge in [-0.05, 0) is 67.1 Å². The summed E-state index contributed by atoms with van der Waals surface area (Å²) in [6.45, 7) is 2.32. The number of aliphatic imine (C=N–C) groups is 1. The maximum absolute atomic E-state index is 13.3. The minimum atomic E-state index is -0.661. The number of methoxy groups -OCH3 is 1. The van der Waals surface area contributed by atoms with Crippen LogP contribution in [0, 0.1) is 0 Å². The Morgan fingerprint density at radius 2 is 1.84 bits per heavy atom. The van der Waals surface area contributed by atoms with Crippen molar-refractivity contribution in [3.05, 3.63) is 88.4 Å². The van der Waals surface area contributed by atoms with Crippen molar-refractivity contribution in [2.75, 3.05) is 19.0 Å². The van der Waals surface area contributed by atoms with E-state index in [1.165, 1.54) is 11.8 Å². The molecule has 3 aromatic carbocycles. The lowest BCUT2D eigenvalue weighted by Gasteiger charge is -2.32. The van der Waals surface area contributed by atoms with Gasteiger partial charge in [0, 0.05) is 16.6 Å². The van der Waals surface area contributed by atoms with Crippen LogP contribution in [0.25, 0.3) is 0 Å². The first-order valence-electron chi connectivity index (χ1n) is 11.9. The number of amides is 2. The van der Waals surface area contributed by atoms with E-state index in [0.29, 0.717) is 27.9 Å². The summed E-state index contributed by atoms with van der Waals surface area (Å²) >= 11 is 4.63. The van der Waals surface area contributed by atoms with Crippen molar-refractivity contribution in [3.8, 4) is 5.75 Å². The topological polar surface area (TPSA) is 97.3 Å².